The van der Waals surface area contributed by atoms with Crippen molar-refractivity contribution in [1.29, 1.82) is 0 Å². The molecule has 1 aliphatic carbocycles. The van der Waals surface area contributed by atoms with Crippen LogP contribution < -0.4 is 16.0 Å². The number of amides is 2. The number of anilines is 2. The molecule has 11 nitrogen and oxygen atoms in total. The molecule has 30 heavy (non-hydrogen) atoms. The summed E-state index contributed by atoms with van der Waals surface area (Å²) in [6, 6.07) is 0.172. The highest BCUT2D eigenvalue weighted by Gasteiger charge is 2.25. The maximum absolute atomic E-state index is 11.9. The minimum Gasteiger partial charge on any atom is -0.393 e. The van der Waals surface area contributed by atoms with Crippen molar-refractivity contribution in [1.82, 2.24) is 24.9 Å². The van der Waals surface area contributed by atoms with E-state index >= 15 is 0 Å². The standard InChI is InChI=1S/C19H25N7O4/c1-30-7-6-20-19-25-18(22-13-2-4-14(27)5-3-13)24-16-12(10-21-26(16)19)8-11-9-15(28)23-17(11)29/h8,10,13-14,27H,2-7,9H2,1H3,(H,23,28,29)(H2,20,22,24,25)/b11-8+/t13-,14-. The first kappa shape index (κ1) is 20.2. The monoisotopic (exact) mass is 415 g/mol. The van der Waals surface area contributed by atoms with E-state index in [1.165, 1.54) is 0 Å². The number of aromatic nitrogens is 4. The maximum atomic E-state index is 11.9. The van der Waals surface area contributed by atoms with E-state index in [1.54, 1.807) is 23.9 Å². The van der Waals surface area contributed by atoms with Crippen LogP contribution in [0.5, 0.6) is 0 Å². The lowest BCUT2D eigenvalue weighted by atomic mass is 9.93. The molecular weight excluding hydrogens is 390 g/mol. The van der Waals surface area contributed by atoms with Gasteiger partial charge < -0.3 is 20.5 Å². The van der Waals surface area contributed by atoms with Crippen LogP contribution in [0, 0.1) is 0 Å². The first-order valence-corrected chi connectivity index (χ1v) is 10.0. The quantitative estimate of drug-likeness (QED) is 0.286. The van der Waals surface area contributed by atoms with Gasteiger partial charge in [-0.1, -0.05) is 0 Å². The van der Waals surface area contributed by atoms with Gasteiger partial charge in [-0.3, -0.25) is 14.9 Å². The number of rotatable bonds is 7. The van der Waals surface area contributed by atoms with Gasteiger partial charge in [0, 0.05) is 30.8 Å². The molecule has 0 unspecified atom stereocenters. The average molecular weight is 415 g/mol. The van der Waals surface area contributed by atoms with Crippen LogP contribution in [0.2, 0.25) is 0 Å². The first-order chi connectivity index (χ1) is 14.5. The number of aliphatic hydroxyl groups excluding tert-OH is 1. The number of imide groups is 1. The number of nitrogens with zero attached hydrogens (tertiary/aromatic N) is 4. The number of ether oxygens (including phenoxy) is 1. The molecule has 2 aromatic heterocycles. The van der Waals surface area contributed by atoms with Gasteiger partial charge >= 0.3 is 0 Å². The fourth-order valence-electron chi connectivity index (χ4n) is 3.65. The summed E-state index contributed by atoms with van der Waals surface area (Å²) >= 11 is 0. The van der Waals surface area contributed by atoms with E-state index in [-0.39, 0.29) is 24.5 Å². The predicted molar refractivity (Wildman–Crippen MR) is 109 cm³/mol. The molecule has 3 heterocycles. The van der Waals surface area contributed by atoms with Crippen molar-refractivity contribution in [3.8, 4) is 0 Å². The van der Waals surface area contributed by atoms with Crippen LogP contribution in [0.1, 0.15) is 37.7 Å². The van der Waals surface area contributed by atoms with Crippen molar-refractivity contribution in [3.05, 3.63) is 17.3 Å². The Bertz CT molecular complexity index is 979. The third kappa shape index (κ3) is 4.41. The highest BCUT2D eigenvalue weighted by Crippen LogP contribution is 2.24. The number of fused-ring (bicyclic) bond motifs is 1. The Hall–Kier alpha value is -3.05. The van der Waals surface area contributed by atoms with Crippen molar-refractivity contribution in [2.75, 3.05) is 30.9 Å². The summed E-state index contributed by atoms with van der Waals surface area (Å²) in [6.07, 6.45) is 6.17. The molecule has 4 rings (SSSR count). The van der Waals surface area contributed by atoms with Crippen LogP contribution in [-0.4, -0.2) is 68.9 Å². The van der Waals surface area contributed by atoms with Crippen LogP contribution in [-0.2, 0) is 14.3 Å². The Morgan fingerprint density at radius 1 is 1.30 bits per heavy atom. The first-order valence-electron chi connectivity index (χ1n) is 10.0. The summed E-state index contributed by atoms with van der Waals surface area (Å²) < 4.78 is 6.65. The predicted octanol–water partition coefficient (Wildman–Crippen LogP) is 0.328. The van der Waals surface area contributed by atoms with Gasteiger partial charge in [-0.2, -0.15) is 19.6 Å². The fraction of sp³-hybridized carbons (Fsp3) is 0.526. The number of methoxy groups -OCH3 is 1. The summed E-state index contributed by atoms with van der Waals surface area (Å²) in [7, 11) is 1.62. The summed E-state index contributed by atoms with van der Waals surface area (Å²) in [5.41, 5.74) is 1.51. The van der Waals surface area contributed by atoms with E-state index in [0.29, 0.717) is 41.8 Å². The van der Waals surface area contributed by atoms with E-state index in [9.17, 15) is 14.7 Å². The smallest absolute Gasteiger partial charge is 0.254 e. The second-order valence-electron chi connectivity index (χ2n) is 7.50. The van der Waals surface area contributed by atoms with Crippen LogP contribution >= 0.6 is 0 Å². The Morgan fingerprint density at radius 2 is 2.10 bits per heavy atom. The zero-order chi connectivity index (χ0) is 21.1. The van der Waals surface area contributed by atoms with Crippen LogP contribution in [0.25, 0.3) is 11.7 Å². The van der Waals surface area contributed by atoms with Crippen molar-refractivity contribution < 1.29 is 19.4 Å². The van der Waals surface area contributed by atoms with Crippen LogP contribution in [0.4, 0.5) is 11.9 Å². The molecule has 1 saturated carbocycles. The largest absolute Gasteiger partial charge is 0.393 e. The minimum atomic E-state index is -0.397. The third-order valence-corrected chi connectivity index (χ3v) is 5.24. The van der Waals surface area contributed by atoms with Crippen molar-refractivity contribution in [2.45, 2.75) is 44.2 Å². The molecule has 1 saturated heterocycles. The van der Waals surface area contributed by atoms with E-state index in [1.807, 2.05) is 0 Å². The van der Waals surface area contributed by atoms with E-state index in [4.69, 9.17) is 4.74 Å². The lowest BCUT2D eigenvalue weighted by Crippen LogP contribution is -2.29. The third-order valence-electron chi connectivity index (χ3n) is 5.24. The van der Waals surface area contributed by atoms with Crippen molar-refractivity contribution in [2.24, 2.45) is 0 Å². The lowest BCUT2D eigenvalue weighted by molar-refractivity contribution is -0.124. The van der Waals surface area contributed by atoms with Gasteiger partial charge in [0.25, 0.3) is 5.91 Å². The Balaban J connectivity index is 1.66. The highest BCUT2D eigenvalue weighted by atomic mass is 16.5. The Labute approximate surface area is 172 Å². The Morgan fingerprint density at radius 3 is 2.80 bits per heavy atom. The van der Waals surface area contributed by atoms with Crippen LogP contribution in [0.15, 0.2) is 11.8 Å². The lowest BCUT2D eigenvalue weighted by Gasteiger charge is -2.26. The average Bonchev–Trinajstić information content (AvgIpc) is 3.26. The van der Waals surface area contributed by atoms with Crippen molar-refractivity contribution >= 4 is 35.4 Å². The van der Waals surface area contributed by atoms with E-state index in [0.717, 1.165) is 25.7 Å². The maximum Gasteiger partial charge on any atom is 0.254 e. The molecule has 0 atom stereocenters. The number of carbonyl (C=O) groups excluding carboxylic acids is 2. The molecule has 1 aliphatic heterocycles. The normalized spacial score (nSPS) is 23.2. The minimum absolute atomic E-state index is 0.0374. The van der Waals surface area contributed by atoms with Gasteiger partial charge in [0.15, 0.2) is 5.65 Å². The molecule has 160 valence electrons. The van der Waals surface area contributed by atoms with E-state index in [2.05, 4.69) is 31.0 Å². The molecule has 2 aliphatic rings. The number of aliphatic hydroxyl groups is 1. The zero-order valence-electron chi connectivity index (χ0n) is 16.7. The molecule has 0 aromatic carbocycles. The van der Waals surface area contributed by atoms with Gasteiger partial charge in [0.05, 0.1) is 25.3 Å². The Kier molecular flexibility index (Phi) is 5.91. The molecule has 2 aromatic rings. The summed E-state index contributed by atoms with van der Waals surface area (Å²) in [6.45, 7) is 1.03. The highest BCUT2D eigenvalue weighted by molar-refractivity contribution is 6.15. The molecule has 4 N–H and O–H groups in total. The summed E-state index contributed by atoms with van der Waals surface area (Å²) in [4.78, 5) is 32.6. The molecule has 0 spiro atoms. The van der Waals surface area contributed by atoms with Crippen molar-refractivity contribution in [3.63, 3.8) is 0 Å². The second kappa shape index (κ2) is 8.76. The molecule has 0 bridgehead atoms. The van der Waals surface area contributed by atoms with E-state index < -0.39 is 5.91 Å². The fourth-order valence-corrected chi connectivity index (χ4v) is 3.65. The van der Waals surface area contributed by atoms with Gasteiger partial charge in [-0.25, -0.2) is 0 Å². The van der Waals surface area contributed by atoms with Gasteiger partial charge in [-0.05, 0) is 31.8 Å². The molecule has 11 heteroatoms. The number of hydrogen-bond acceptors (Lipinski definition) is 9. The summed E-state index contributed by atoms with van der Waals surface area (Å²) in [5.74, 6) is 0.218. The summed E-state index contributed by atoms with van der Waals surface area (Å²) in [5, 5.41) is 22.9. The van der Waals surface area contributed by atoms with Crippen LogP contribution in [0.3, 0.4) is 0 Å². The molecule has 2 amide bonds. The number of carbonyl (C=O) groups is 2. The zero-order valence-corrected chi connectivity index (χ0v) is 16.7. The second-order valence-corrected chi connectivity index (χ2v) is 7.50. The topological polar surface area (TPSA) is 143 Å². The van der Waals surface area contributed by atoms with Gasteiger partial charge in [0.2, 0.25) is 17.8 Å². The van der Waals surface area contributed by atoms with Gasteiger partial charge in [0.1, 0.15) is 0 Å². The molecule has 2 fully saturated rings. The molecular formula is C19H25N7O4. The number of hydrogen-bond donors (Lipinski definition) is 4. The molecule has 0 radical (unpaired) electrons. The SMILES string of the molecule is COCCNc1nc(N[C@H]2CC[C@H](O)CC2)nc2c(/C=C3\CC(=O)NC3=O)cnn12. The number of nitrogens with one attached hydrogen (secondary N) is 3. The van der Waals surface area contributed by atoms with Gasteiger partial charge in [-0.15, -0.1) is 0 Å².